The lowest BCUT2D eigenvalue weighted by molar-refractivity contribution is 0.214. The predicted molar refractivity (Wildman–Crippen MR) is 155 cm³/mol. The SMILES string of the molecule is Nc1cc2ccc1CCc1ccc(cc1OCCOc1cc3ccc1CCc1ccc(cc1N)CC3)CC2. The molecule has 0 heterocycles. The third-order valence-electron chi connectivity index (χ3n) is 8.01. The summed E-state index contributed by atoms with van der Waals surface area (Å²) >= 11 is 0. The van der Waals surface area contributed by atoms with Crippen LogP contribution in [-0.2, 0) is 51.4 Å². The first-order valence-electron chi connectivity index (χ1n) is 13.8. The number of benzene rings is 4. The third kappa shape index (κ3) is 5.50. The fourth-order valence-electron chi connectivity index (χ4n) is 5.67. The summed E-state index contributed by atoms with van der Waals surface area (Å²) in [5.74, 6) is 1.93. The van der Waals surface area contributed by atoms with E-state index in [1.807, 2.05) is 0 Å². The fourth-order valence-corrected chi connectivity index (χ4v) is 5.67. The molecule has 0 aromatic heterocycles. The lowest BCUT2D eigenvalue weighted by atomic mass is 9.95. The van der Waals surface area contributed by atoms with Crippen LogP contribution in [0.25, 0.3) is 0 Å². The van der Waals surface area contributed by atoms with E-state index in [9.17, 15) is 0 Å². The van der Waals surface area contributed by atoms with Crippen LogP contribution in [0.15, 0.2) is 72.8 Å². The minimum atomic E-state index is 0.504. The molecular formula is C34H36N2O2. The maximum Gasteiger partial charge on any atom is 0.122 e. The Hall–Kier alpha value is -3.92. The average molecular weight is 505 g/mol. The number of hydrogen-bond donors (Lipinski definition) is 2. The van der Waals surface area contributed by atoms with E-state index in [1.54, 1.807) is 0 Å². The standard InChI is InChI=1S/C34H36N2O2/c35-31-19-23-1-3-25-7-11-29(15-13-27(31)9-5-23)33(21-25)37-17-18-38-34-22-26-4-2-24-6-10-28(32(36)20-24)14-16-30(34)12-8-26/h5-12,19-22H,1-4,13-18,35-36H2. The van der Waals surface area contributed by atoms with E-state index in [1.165, 1.54) is 44.5 Å². The van der Waals surface area contributed by atoms with Crippen LogP contribution in [0.1, 0.15) is 44.5 Å². The van der Waals surface area contributed by atoms with Gasteiger partial charge in [-0.1, -0.05) is 48.5 Å². The molecule has 0 fully saturated rings. The maximum absolute atomic E-state index is 6.34. The van der Waals surface area contributed by atoms with E-state index in [2.05, 4.69) is 72.8 Å². The van der Waals surface area contributed by atoms with Gasteiger partial charge < -0.3 is 20.9 Å². The van der Waals surface area contributed by atoms with Gasteiger partial charge in [0.15, 0.2) is 0 Å². The van der Waals surface area contributed by atoms with Crippen molar-refractivity contribution in [2.75, 3.05) is 24.7 Å². The summed E-state index contributed by atoms with van der Waals surface area (Å²) in [6.07, 6.45) is 7.49. The number of nitrogen functional groups attached to an aromatic ring is 2. The van der Waals surface area contributed by atoms with E-state index in [4.69, 9.17) is 20.9 Å². The number of rotatable bonds is 5. The molecule has 4 heteroatoms. The van der Waals surface area contributed by atoms with Crippen LogP contribution in [0.3, 0.4) is 0 Å². The van der Waals surface area contributed by atoms with Gasteiger partial charge in [0, 0.05) is 11.4 Å². The van der Waals surface area contributed by atoms with Crippen molar-refractivity contribution in [1.82, 2.24) is 0 Å². The Kier molecular flexibility index (Phi) is 6.96. The topological polar surface area (TPSA) is 70.5 Å². The molecule has 12 rings (SSSR count). The van der Waals surface area contributed by atoms with Crippen LogP contribution in [0.2, 0.25) is 0 Å². The van der Waals surface area contributed by atoms with Crippen molar-refractivity contribution in [3.05, 3.63) is 117 Å². The molecule has 38 heavy (non-hydrogen) atoms. The highest BCUT2D eigenvalue weighted by atomic mass is 16.5. The van der Waals surface area contributed by atoms with Gasteiger partial charge in [0.05, 0.1) is 0 Å². The highest BCUT2D eigenvalue weighted by Gasteiger charge is 2.13. The van der Waals surface area contributed by atoms with Crippen molar-refractivity contribution in [2.24, 2.45) is 0 Å². The Labute approximate surface area is 225 Å². The zero-order valence-corrected chi connectivity index (χ0v) is 22.0. The van der Waals surface area contributed by atoms with Crippen LogP contribution < -0.4 is 20.9 Å². The van der Waals surface area contributed by atoms with Gasteiger partial charge in [0.1, 0.15) is 24.7 Å². The molecule has 0 unspecified atom stereocenters. The lowest BCUT2D eigenvalue weighted by Crippen LogP contribution is -2.12. The van der Waals surface area contributed by atoms with Gasteiger partial charge >= 0.3 is 0 Å². The quantitative estimate of drug-likeness (QED) is 0.255. The Morgan fingerprint density at radius 2 is 0.763 bits per heavy atom. The summed E-state index contributed by atoms with van der Waals surface area (Å²) in [6.45, 7) is 1.01. The first-order valence-corrected chi connectivity index (χ1v) is 13.8. The van der Waals surface area contributed by atoms with Crippen LogP contribution in [0, 0.1) is 0 Å². The lowest BCUT2D eigenvalue weighted by Gasteiger charge is -2.18. The molecule has 0 spiro atoms. The average Bonchev–Trinajstić information content (AvgIpc) is 2.91. The molecule has 0 atom stereocenters. The number of hydrogen-bond acceptors (Lipinski definition) is 4. The van der Waals surface area contributed by atoms with Gasteiger partial charge in [-0.3, -0.25) is 0 Å². The minimum Gasteiger partial charge on any atom is -0.490 e. The van der Waals surface area contributed by atoms with E-state index in [0.717, 1.165) is 74.2 Å². The van der Waals surface area contributed by atoms with E-state index in [-0.39, 0.29) is 0 Å². The van der Waals surface area contributed by atoms with Crippen molar-refractivity contribution in [1.29, 1.82) is 0 Å². The monoisotopic (exact) mass is 504 g/mol. The molecular weight excluding hydrogens is 468 g/mol. The van der Waals surface area contributed by atoms with Crippen LogP contribution >= 0.6 is 0 Å². The molecule has 194 valence electrons. The zero-order valence-electron chi connectivity index (χ0n) is 22.0. The molecule has 4 aromatic rings. The van der Waals surface area contributed by atoms with E-state index in [0.29, 0.717) is 13.2 Å². The molecule has 0 amide bonds. The van der Waals surface area contributed by atoms with Crippen molar-refractivity contribution in [2.45, 2.75) is 51.4 Å². The van der Waals surface area contributed by atoms with Crippen molar-refractivity contribution in [3.8, 4) is 11.5 Å². The molecule has 4 nitrogen and oxygen atoms in total. The second kappa shape index (κ2) is 10.8. The Balaban J connectivity index is 1.13. The van der Waals surface area contributed by atoms with Gasteiger partial charge in [-0.05, 0) is 120 Å². The smallest absolute Gasteiger partial charge is 0.122 e. The summed E-state index contributed by atoms with van der Waals surface area (Å²) in [5, 5.41) is 0. The highest BCUT2D eigenvalue weighted by molar-refractivity contribution is 5.52. The number of aryl methyl sites for hydroxylation is 8. The molecule has 0 saturated carbocycles. The Morgan fingerprint density at radius 3 is 1.16 bits per heavy atom. The first kappa shape index (κ1) is 24.4. The molecule has 8 aliphatic carbocycles. The minimum absolute atomic E-state index is 0.504. The third-order valence-corrected chi connectivity index (χ3v) is 8.01. The van der Waals surface area contributed by atoms with Crippen molar-refractivity contribution < 1.29 is 9.47 Å². The van der Waals surface area contributed by atoms with Crippen LogP contribution in [-0.4, -0.2) is 13.2 Å². The summed E-state index contributed by atoms with van der Waals surface area (Å²) in [4.78, 5) is 0. The van der Waals surface area contributed by atoms with Gasteiger partial charge in [0.25, 0.3) is 0 Å². The maximum atomic E-state index is 6.34. The fraction of sp³-hybridized carbons (Fsp3) is 0.294. The second-order valence-electron chi connectivity index (χ2n) is 10.6. The Bertz CT molecular complexity index is 1350. The Morgan fingerprint density at radius 1 is 0.421 bits per heavy atom. The van der Waals surface area contributed by atoms with Gasteiger partial charge in [-0.25, -0.2) is 0 Å². The largest absolute Gasteiger partial charge is 0.490 e. The number of anilines is 2. The summed E-state index contributed by atoms with van der Waals surface area (Å²) < 4.78 is 12.7. The molecule has 0 radical (unpaired) electrons. The second-order valence-corrected chi connectivity index (χ2v) is 10.6. The summed E-state index contributed by atoms with van der Waals surface area (Å²) in [6, 6.07) is 26.4. The predicted octanol–water partition coefficient (Wildman–Crippen LogP) is 6.08. The van der Waals surface area contributed by atoms with E-state index < -0.39 is 0 Å². The molecule has 4 aromatic carbocycles. The van der Waals surface area contributed by atoms with Crippen molar-refractivity contribution >= 4 is 11.4 Å². The molecule has 4 N–H and O–H groups in total. The molecule has 8 aliphatic rings. The summed E-state index contributed by atoms with van der Waals surface area (Å²) in [7, 11) is 0. The zero-order chi connectivity index (χ0) is 25.9. The first-order chi connectivity index (χ1) is 18.6. The van der Waals surface area contributed by atoms with Crippen LogP contribution in [0.4, 0.5) is 11.4 Å². The number of nitrogens with two attached hydrogens (primary N) is 2. The highest BCUT2D eigenvalue weighted by Crippen LogP contribution is 2.28. The van der Waals surface area contributed by atoms with Gasteiger partial charge in [0.2, 0.25) is 0 Å². The number of ether oxygens (including phenoxy) is 2. The normalized spacial score (nSPS) is 14.4. The van der Waals surface area contributed by atoms with Crippen LogP contribution in [0.5, 0.6) is 11.5 Å². The van der Waals surface area contributed by atoms with Gasteiger partial charge in [-0.15, -0.1) is 0 Å². The summed E-state index contributed by atoms with van der Waals surface area (Å²) in [5.41, 5.74) is 24.5. The van der Waals surface area contributed by atoms with Crippen molar-refractivity contribution in [3.63, 3.8) is 0 Å². The molecule has 0 aliphatic heterocycles. The van der Waals surface area contributed by atoms with Gasteiger partial charge in [-0.2, -0.15) is 0 Å². The van der Waals surface area contributed by atoms with E-state index >= 15 is 0 Å². The molecule has 8 bridgehead atoms. The molecule has 0 saturated heterocycles.